The van der Waals surface area contributed by atoms with Crippen LogP contribution in [0.4, 0.5) is 5.69 Å². The molecule has 1 N–H and O–H groups in total. The van der Waals surface area contributed by atoms with Crippen LogP contribution in [-0.4, -0.2) is 29.8 Å². The van der Waals surface area contributed by atoms with E-state index in [0.29, 0.717) is 12.5 Å². The fourth-order valence-corrected chi connectivity index (χ4v) is 2.60. The minimum absolute atomic E-state index is 0.0508. The smallest absolute Gasteiger partial charge is 0.244 e. The molecular formula is C19H30N2O2. The first kappa shape index (κ1) is 19.2. The third-order valence-corrected chi connectivity index (χ3v) is 4.00. The summed E-state index contributed by atoms with van der Waals surface area (Å²) in [6.45, 7) is 10.6. The average Bonchev–Trinajstić information content (AvgIpc) is 2.48. The van der Waals surface area contributed by atoms with Gasteiger partial charge in [-0.05, 0) is 30.4 Å². The summed E-state index contributed by atoms with van der Waals surface area (Å²) in [5.74, 6) is 0.150. The van der Waals surface area contributed by atoms with Crippen LogP contribution in [0.3, 0.4) is 0 Å². The van der Waals surface area contributed by atoms with Crippen molar-refractivity contribution in [1.29, 1.82) is 0 Å². The van der Waals surface area contributed by atoms with Gasteiger partial charge in [0.15, 0.2) is 0 Å². The molecular weight excluding hydrogens is 288 g/mol. The van der Waals surface area contributed by atoms with E-state index in [9.17, 15) is 9.59 Å². The van der Waals surface area contributed by atoms with Crippen molar-refractivity contribution in [3.05, 3.63) is 29.3 Å². The van der Waals surface area contributed by atoms with Gasteiger partial charge in [0.1, 0.15) is 0 Å². The average molecular weight is 318 g/mol. The van der Waals surface area contributed by atoms with Gasteiger partial charge in [-0.15, -0.1) is 0 Å². The topological polar surface area (TPSA) is 49.4 Å². The monoisotopic (exact) mass is 318 g/mol. The molecule has 128 valence electrons. The number of hydrogen-bond acceptors (Lipinski definition) is 2. The SMILES string of the molecule is CCCCCN(CC(=O)Nc1c(C)cccc1C(C)C)C(C)=O. The van der Waals surface area contributed by atoms with Crippen molar-refractivity contribution in [3.8, 4) is 0 Å². The second-order valence-electron chi connectivity index (χ2n) is 6.39. The van der Waals surface area contributed by atoms with Gasteiger partial charge in [0.05, 0.1) is 6.54 Å². The van der Waals surface area contributed by atoms with Crippen molar-refractivity contribution in [3.63, 3.8) is 0 Å². The van der Waals surface area contributed by atoms with Crippen LogP contribution in [0.5, 0.6) is 0 Å². The molecule has 0 unspecified atom stereocenters. The molecule has 0 aliphatic heterocycles. The number of carbonyl (C=O) groups is 2. The summed E-state index contributed by atoms with van der Waals surface area (Å²) >= 11 is 0. The van der Waals surface area contributed by atoms with Gasteiger partial charge in [0.25, 0.3) is 0 Å². The van der Waals surface area contributed by atoms with Gasteiger partial charge in [0, 0.05) is 19.2 Å². The van der Waals surface area contributed by atoms with Gasteiger partial charge in [-0.25, -0.2) is 0 Å². The maximum atomic E-state index is 12.4. The maximum absolute atomic E-state index is 12.4. The normalized spacial score (nSPS) is 10.7. The Kier molecular flexibility index (Phi) is 7.79. The van der Waals surface area contributed by atoms with Crippen molar-refractivity contribution < 1.29 is 9.59 Å². The van der Waals surface area contributed by atoms with Gasteiger partial charge >= 0.3 is 0 Å². The molecule has 0 aliphatic carbocycles. The molecule has 1 rings (SSSR count). The van der Waals surface area contributed by atoms with Crippen LogP contribution in [0.25, 0.3) is 0 Å². The molecule has 4 nitrogen and oxygen atoms in total. The van der Waals surface area contributed by atoms with Crippen molar-refractivity contribution in [1.82, 2.24) is 4.90 Å². The van der Waals surface area contributed by atoms with Crippen molar-refractivity contribution in [2.75, 3.05) is 18.4 Å². The van der Waals surface area contributed by atoms with E-state index >= 15 is 0 Å². The number of nitrogens with one attached hydrogen (secondary N) is 1. The third-order valence-electron chi connectivity index (χ3n) is 4.00. The fraction of sp³-hybridized carbons (Fsp3) is 0.579. The van der Waals surface area contributed by atoms with E-state index in [-0.39, 0.29) is 18.4 Å². The molecule has 0 saturated carbocycles. The van der Waals surface area contributed by atoms with Crippen LogP contribution < -0.4 is 5.32 Å². The van der Waals surface area contributed by atoms with Crippen LogP contribution in [-0.2, 0) is 9.59 Å². The fourth-order valence-electron chi connectivity index (χ4n) is 2.60. The first-order valence-corrected chi connectivity index (χ1v) is 8.51. The largest absolute Gasteiger partial charge is 0.334 e. The number of anilines is 1. The first-order valence-electron chi connectivity index (χ1n) is 8.51. The highest BCUT2D eigenvalue weighted by molar-refractivity contribution is 5.95. The predicted molar refractivity (Wildman–Crippen MR) is 95.7 cm³/mol. The Balaban J connectivity index is 2.77. The Morgan fingerprint density at radius 1 is 1.22 bits per heavy atom. The van der Waals surface area contributed by atoms with Gasteiger partial charge in [0.2, 0.25) is 11.8 Å². The van der Waals surface area contributed by atoms with E-state index in [2.05, 4.69) is 26.1 Å². The molecule has 1 aromatic rings. The summed E-state index contributed by atoms with van der Waals surface area (Å²) in [6.07, 6.45) is 3.10. The quantitative estimate of drug-likeness (QED) is 0.734. The van der Waals surface area contributed by atoms with Gasteiger partial charge in [-0.2, -0.15) is 0 Å². The summed E-state index contributed by atoms with van der Waals surface area (Å²) in [4.78, 5) is 25.7. The van der Waals surface area contributed by atoms with Crippen molar-refractivity contribution in [2.45, 2.75) is 59.8 Å². The van der Waals surface area contributed by atoms with E-state index in [1.807, 2.05) is 25.1 Å². The molecule has 23 heavy (non-hydrogen) atoms. The molecule has 0 aromatic heterocycles. The lowest BCUT2D eigenvalue weighted by molar-refractivity contribution is -0.132. The number of hydrogen-bond donors (Lipinski definition) is 1. The van der Waals surface area contributed by atoms with Crippen LogP contribution >= 0.6 is 0 Å². The lowest BCUT2D eigenvalue weighted by Gasteiger charge is -2.22. The molecule has 0 atom stereocenters. The Labute approximate surface area is 140 Å². The van der Waals surface area contributed by atoms with Crippen molar-refractivity contribution >= 4 is 17.5 Å². The summed E-state index contributed by atoms with van der Waals surface area (Å²) in [6, 6.07) is 6.04. The zero-order chi connectivity index (χ0) is 17.4. The summed E-state index contributed by atoms with van der Waals surface area (Å²) < 4.78 is 0. The molecule has 4 heteroatoms. The zero-order valence-corrected chi connectivity index (χ0v) is 15.1. The number of unbranched alkanes of at least 4 members (excludes halogenated alkanes) is 2. The Morgan fingerprint density at radius 3 is 2.48 bits per heavy atom. The number of rotatable bonds is 8. The van der Waals surface area contributed by atoms with E-state index in [4.69, 9.17) is 0 Å². The highest BCUT2D eigenvalue weighted by atomic mass is 16.2. The van der Waals surface area contributed by atoms with E-state index in [1.54, 1.807) is 4.90 Å². The van der Waals surface area contributed by atoms with E-state index in [0.717, 1.165) is 36.1 Å². The van der Waals surface area contributed by atoms with E-state index < -0.39 is 0 Å². The van der Waals surface area contributed by atoms with Gasteiger partial charge < -0.3 is 10.2 Å². The zero-order valence-electron chi connectivity index (χ0n) is 15.1. The van der Waals surface area contributed by atoms with Crippen LogP contribution in [0.1, 0.15) is 64.0 Å². The van der Waals surface area contributed by atoms with Crippen LogP contribution in [0.15, 0.2) is 18.2 Å². The summed E-state index contributed by atoms with van der Waals surface area (Å²) in [5.41, 5.74) is 3.05. The molecule has 1 aromatic carbocycles. The molecule has 0 aliphatic rings. The Morgan fingerprint density at radius 2 is 1.91 bits per heavy atom. The number of nitrogens with zero attached hydrogens (tertiary/aromatic N) is 1. The third kappa shape index (κ3) is 6.05. The molecule has 0 bridgehead atoms. The molecule has 0 spiro atoms. The maximum Gasteiger partial charge on any atom is 0.244 e. The minimum Gasteiger partial charge on any atom is -0.334 e. The van der Waals surface area contributed by atoms with Gasteiger partial charge in [-0.3, -0.25) is 9.59 Å². The Bertz CT molecular complexity index is 538. The Hall–Kier alpha value is -1.84. The molecule has 0 radical (unpaired) electrons. The lowest BCUT2D eigenvalue weighted by Crippen LogP contribution is -2.37. The number of benzene rings is 1. The second-order valence-corrected chi connectivity index (χ2v) is 6.39. The molecule has 0 heterocycles. The molecule has 2 amide bonds. The number of aryl methyl sites for hydroxylation is 1. The van der Waals surface area contributed by atoms with E-state index in [1.165, 1.54) is 6.92 Å². The highest BCUT2D eigenvalue weighted by Gasteiger charge is 2.16. The van der Waals surface area contributed by atoms with Crippen LogP contribution in [0, 0.1) is 6.92 Å². The predicted octanol–water partition coefficient (Wildman–Crippen LogP) is 4.10. The number of para-hydroxylation sites is 1. The molecule has 0 fully saturated rings. The summed E-state index contributed by atoms with van der Waals surface area (Å²) in [5, 5.41) is 3.00. The van der Waals surface area contributed by atoms with Crippen LogP contribution in [0.2, 0.25) is 0 Å². The number of amides is 2. The lowest BCUT2D eigenvalue weighted by atomic mass is 9.98. The summed E-state index contributed by atoms with van der Waals surface area (Å²) in [7, 11) is 0. The standard InChI is InChI=1S/C19H30N2O2/c1-6-7-8-12-21(16(5)22)13-18(23)20-19-15(4)10-9-11-17(19)14(2)3/h9-11,14H,6-8,12-13H2,1-5H3,(H,20,23). The van der Waals surface area contributed by atoms with Gasteiger partial charge in [-0.1, -0.05) is 51.8 Å². The highest BCUT2D eigenvalue weighted by Crippen LogP contribution is 2.27. The first-order chi connectivity index (χ1) is 10.9. The van der Waals surface area contributed by atoms with Crippen molar-refractivity contribution in [2.24, 2.45) is 0 Å². The number of carbonyl (C=O) groups excluding carboxylic acids is 2. The minimum atomic E-state index is -0.132. The second kappa shape index (κ2) is 9.33. The molecule has 0 saturated heterocycles.